The molecule has 1 N–H and O–H groups in total. The molecular formula is C14H10IN3O3. The van der Waals surface area contributed by atoms with Gasteiger partial charge in [-0.3, -0.25) is 14.9 Å². The zero-order valence-corrected chi connectivity index (χ0v) is 12.9. The van der Waals surface area contributed by atoms with E-state index in [0.29, 0.717) is 11.1 Å². The SMILES string of the molecule is O=C(N/N=C\c1ccccc1[N+](=O)[O-])c1cccc(I)c1. The Bertz CT molecular complexity index is 716. The van der Waals surface area contributed by atoms with E-state index in [2.05, 4.69) is 33.1 Å². The number of amides is 1. The van der Waals surface area contributed by atoms with Gasteiger partial charge in [0.05, 0.1) is 16.7 Å². The van der Waals surface area contributed by atoms with Crippen LogP contribution in [-0.2, 0) is 0 Å². The zero-order chi connectivity index (χ0) is 15.2. The molecule has 7 heteroatoms. The maximum Gasteiger partial charge on any atom is 0.278 e. The first-order chi connectivity index (χ1) is 10.1. The number of hydrogen-bond donors (Lipinski definition) is 1. The smallest absolute Gasteiger partial charge is 0.267 e. The Hall–Kier alpha value is -2.29. The molecule has 0 atom stereocenters. The molecule has 0 fully saturated rings. The van der Waals surface area contributed by atoms with Crippen molar-refractivity contribution in [2.24, 2.45) is 5.10 Å². The van der Waals surface area contributed by atoms with Crippen LogP contribution in [0.1, 0.15) is 15.9 Å². The highest BCUT2D eigenvalue weighted by Gasteiger charge is 2.10. The number of halogens is 1. The zero-order valence-electron chi connectivity index (χ0n) is 10.7. The van der Waals surface area contributed by atoms with Crippen molar-refractivity contribution in [1.82, 2.24) is 5.43 Å². The molecule has 0 saturated heterocycles. The van der Waals surface area contributed by atoms with E-state index >= 15 is 0 Å². The molecule has 2 rings (SSSR count). The van der Waals surface area contributed by atoms with Gasteiger partial charge in [-0.1, -0.05) is 18.2 Å². The molecule has 0 aromatic heterocycles. The predicted octanol–water partition coefficient (Wildman–Crippen LogP) is 2.96. The molecule has 2 aromatic carbocycles. The lowest BCUT2D eigenvalue weighted by Gasteiger charge is -2.00. The van der Waals surface area contributed by atoms with Gasteiger partial charge in [-0.15, -0.1) is 0 Å². The molecule has 1 amide bonds. The first-order valence-corrected chi connectivity index (χ1v) is 6.98. The number of carbonyl (C=O) groups excluding carboxylic acids is 1. The third kappa shape index (κ3) is 4.09. The van der Waals surface area contributed by atoms with Gasteiger partial charge >= 0.3 is 0 Å². The molecule has 0 saturated carbocycles. The standard InChI is InChI=1S/C14H10IN3O3/c15-12-6-3-5-10(8-12)14(19)17-16-9-11-4-1-2-7-13(11)18(20)21/h1-9H,(H,17,19)/b16-9-. The van der Waals surface area contributed by atoms with Crippen molar-refractivity contribution in [3.63, 3.8) is 0 Å². The number of carbonyl (C=O) groups is 1. The molecule has 0 heterocycles. The number of hydrogen-bond acceptors (Lipinski definition) is 4. The van der Waals surface area contributed by atoms with Crippen molar-refractivity contribution >= 4 is 40.4 Å². The molecule has 0 aliphatic carbocycles. The van der Waals surface area contributed by atoms with Crippen molar-refractivity contribution in [2.75, 3.05) is 0 Å². The van der Waals surface area contributed by atoms with Crippen LogP contribution in [0.25, 0.3) is 0 Å². The Morgan fingerprint density at radius 2 is 2.00 bits per heavy atom. The summed E-state index contributed by atoms with van der Waals surface area (Å²) in [5.74, 6) is -0.372. The molecule has 0 aliphatic rings. The van der Waals surface area contributed by atoms with E-state index in [-0.39, 0.29) is 11.6 Å². The second kappa shape index (κ2) is 6.93. The van der Waals surface area contributed by atoms with Crippen LogP contribution in [0.3, 0.4) is 0 Å². The van der Waals surface area contributed by atoms with Gasteiger partial charge in [0.2, 0.25) is 0 Å². The first kappa shape index (κ1) is 15.1. The van der Waals surface area contributed by atoms with Gasteiger partial charge in [0.15, 0.2) is 0 Å². The summed E-state index contributed by atoms with van der Waals surface area (Å²) in [6.45, 7) is 0. The summed E-state index contributed by atoms with van der Waals surface area (Å²) in [4.78, 5) is 22.2. The number of hydrazone groups is 1. The lowest BCUT2D eigenvalue weighted by molar-refractivity contribution is -0.385. The van der Waals surface area contributed by atoms with Crippen LogP contribution in [0.2, 0.25) is 0 Å². The van der Waals surface area contributed by atoms with E-state index in [1.165, 1.54) is 12.3 Å². The van der Waals surface area contributed by atoms with Crippen molar-refractivity contribution in [3.05, 3.63) is 73.3 Å². The normalized spacial score (nSPS) is 10.5. The van der Waals surface area contributed by atoms with E-state index in [9.17, 15) is 14.9 Å². The Kier molecular flexibility index (Phi) is 4.99. The van der Waals surface area contributed by atoms with Crippen LogP contribution in [0.15, 0.2) is 53.6 Å². The second-order valence-electron chi connectivity index (χ2n) is 4.03. The van der Waals surface area contributed by atoms with E-state index in [1.54, 1.807) is 36.4 Å². The fourth-order valence-corrected chi connectivity index (χ4v) is 2.16. The van der Waals surface area contributed by atoms with Crippen molar-refractivity contribution in [3.8, 4) is 0 Å². The summed E-state index contributed by atoms with van der Waals surface area (Å²) in [5, 5.41) is 14.6. The molecule has 6 nitrogen and oxygen atoms in total. The third-order valence-electron chi connectivity index (χ3n) is 2.59. The third-order valence-corrected chi connectivity index (χ3v) is 3.26. The van der Waals surface area contributed by atoms with Gasteiger partial charge in [0, 0.05) is 15.2 Å². The summed E-state index contributed by atoms with van der Waals surface area (Å²) in [6.07, 6.45) is 1.25. The van der Waals surface area contributed by atoms with Gasteiger partial charge in [0.25, 0.3) is 11.6 Å². The first-order valence-electron chi connectivity index (χ1n) is 5.90. The molecule has 0 bridgehead atoms. The quantitative estimate of drug-likeness (QED) is 0.374. The molecule has 0 unspecified atom stereocenters. The fraction of sp³-hybridized carbons (Fsp3) is 0. The minimum atomic E-state index is -0.497. The molecule has 0 radical (unpaired) electrons. The topological polar surface area (TPSA) is 84.6 Å². The number of para-hydroxylation sites is 1. The summed E-state index contributed by atoms with van der Waals surface area (Å²) in [6, 6.07) is 13.2. The average Bonchev–Trinajstić information content (AvgIpc) is 2.47. The van der Waals surface area contributed by atoms with Crippen molar-refractivity contribution < 1.29 is 9.72 Å². The Balaban J connectivity index is 2.09. The summed E-state index contributed by atoms with van der Waals surface area (Å²) < 4.78 is 0.933. The van der Waals surface area contributed by atoms with Crippen LogP contribution in [0.4, 0.5) is 5.69 Å². The number of rotatable bonds is 4. The van der Waals surface area contributed by atoms with E-state index in [1.807, 2.05) is 6.07 Å². The van der Waals surface area contributed by atoms with Gasteiger partial charge < -0.3 is 0 Å². The molecule has 106 valence electrons. The monoisotopic (exact) mass is 395 g/mol. The number of nitrogens with one attached hydrogen (secondary N) is 1. The van der Waals surface area contributed by atoms with E-state index in [0.717, 1.165) is 3.57 Å². The summed E-state index contributed by atoms with van der Waals surface area (Å²) in [7, 11) is 0. The number of nitro groups is 1. The fourth-order valence-electron chi connectivity index (χ4n) is 1.62. The number of nitro benzene ring substituents is 1. The lowest BCUT2D eigenvalue weighted by Crippen LogP contribution is -2.17. The van der Waals surface area contributed by atoms with Gasteiger partial charge in [-0.2, -0.15) is 5.10 Å². The van der Waals surface area contributed by atoms with Crippen LogP contribution in [0, 0.1) is 13.7 Å². The van der Waals surface area contributed by atoms with Crippen LogP contribution >= 0.6 is 22.6 Å². The minimum Gasteiger partial charge on any atom is -0.267 e. The molecule has 0 aliphatic heterocycles. The highest BCUT2D eigenvalue weighted by atomic mass is 127. The predicted molar refractivity (Wildman–Crippen MR) is 87.3 cm³/mol. The van der Waals surface area contributed by atoms with Gasteiger partial charge in [0.1, 0.15) is 0 Å². The highest BCUT2D eigenvalue weighted by Crippen LogP contribution is 2.15. The van der Waals surface area contributed by atoms with Gasteiger partial charge in [-0.25, -0.2) is 5.43 Å². The van der Waals surface area contributed by atoms with Crippen molar-refractivity contribution in [2.45, 2.75) is 0 Å². The minimum absolute atomic E-state index is 0.0650. The van der Waals surface area contributed by atoms with Crippen LogP contribution < -0.4 is 5.43 Å². The second-order valence-corrected chi connectivity index (χ2v) is 5.27. The van der Waals surface area contributed by atoms with E-state index in [4.69, 9.17) is 0 Å². The Labute approximate surface area is 134 Å². The molecule has 2 aromatic rings. The Morgan fingerprint density at radius 1 is 1.24 bits per heavy atom. The maximum absolute atomic E-state index is 11.8. The largest absolute Gasteiger partial charge is 0.278 e. The number of nitrogens with zero attached hydrogens (tertiary/aromatic N) is 2. The average molecular weight is 395 g/mol. The van der Waals surface area contributed by atoms with Crippen LogP contribution in [-0.4, -0.2) is 17.0 Å². The number of benzene rings is 2. The maximum atomic E-state index is 11.8. The van der Waals surface area contributed by atoms with Crippen LogP contribution in [0.5, 0.6) is 0 Å². The molecule has 0 spiro atoms. The van der Waals surface area contributed by atoms with Crippen molar-refractivity contribution in [1.29, 1.82) is 0 Å². The summed E-state index contributed by atoms with van der Waals surface area (Å²) >= 11 is 2.10. The molecule has 21 heavy (non-hydrogen) atoms. The van der Waals surface area contributed by atoms with Gasteiger partial charge in [-0.05, 0) is 46.9 Å². The lowest BCUT2D eigenvalue weighted by atomic mass is 10.2. The Morgan fingerprint density at radius 3 is 2.71 bits per heavy atom. The summed E-state index contributed by atoms with van der Waals surface area (Å²) in [5.41, 5.74) is 3.08. The molecular weight excluding hydrogens is 385 g/mol. The van der Waals surface area contributed by atoms with E-state index < -0.39 is 4.92 Å². The highest BCUT2D eigenvalue weighted by molar-refractivity contribution is 14.1.